The lowest BCUT2D eigenvalue weighted by molar-refractivity contribution is -0.127. The van der Waals surface area contributed by atoms with Crippen LogP contribution in [0.15, 0.2) is 12.1 Å². The molecule has 0 aliphatic rings. The molecule has 23 heavy (non-hydrogen) atoms. The fourth-order valence-electron chi connectivity index (χ4n) is 1.69. The van der Waals surface area contributed by atoms with Gasteiger partial charge in [-0.15, -0.1) is 0 Å². The third-order valence-electron chi connectivity index (χ3n) is 2.83. The van der Waals surface area contributed by atoms with E-state index in [-0.39, 0.29) is 17.1 Å². The maximum absolute atomic E-state index is 12.2. The van der Waals surface area contributed by atoms with Gasteiger partial charge >= 0.3 is 12.0 Å². The Balaban J connectivity index is 3.03. The van der Waals surface area contributed by atoms with Crippen molar-refractivity contribution < 1.29 is 33.3 Å². The number of carbonyl (C=O) groups is 3. The fraction of sp³-hybridized carbons (Fsp3) is 0.357. The number of esters is 1. The molecule has 3 N–H and O–H groups in total. The highest BCUT2D eigenvalue weighted by Gasteiger charge is 2.24. The Bertz CT molecular complexity index is 615. The first kappa shape index (κ1) is 18.1. The molecule has 1 aromatic rings. The van der Waals surface area contributed by atoms with Crippen LogP contribution >= 0.6 is 0 Å². The average molecular weight is 326 g/mol. The third-order valence-corrected chi connectivity index (χ3v) is 2.83. The predicted molar refractivity (Wildman–Crippen MR) is 78.7 cm³/mol. The highest BCUT2D eigenvalue weighted by Crippen LogP contribution is 2.35. The molecule has 0 bridgehead atoms. The molecule has 1 atom stereocenters. The zero-order valence-electron chi connectivity index (χ0n) is 13.2. The molecule has 9 heteroatoms. The molecular formula is C14H18N2O7. The second-order valence-corrected chi connectivity index (χ2v) is 4.31. The second kappa shape index (κ2) is 7.87. The number of nitrogens with two attached hydrogens (primary N) is 1. The Kier molecular flexibility index (Phi) is 6.19. The number of urea groups is 1. The molecular weight excluding hydrogens is 308 g/mol. The second-order valence-electron chi connectivity index (χ2n) is 4.31. The topological polar surface area (TPSA) is 126 Å². The highest BCUT2D eigenvalue weighted by molar-refractivity contribution is 5.99. The van der Waals surface area contributed by atoms with Crippen LogP contribution in [-0.2, 0) is 9.53 Å². The SMILES string of the molecule is COc1cc(OC)c(C(=O)O[C@@H](C)C(=O)NC(N)=O)cc1OC. The first-order valence-electron chi connectivity index (χ1n) is 6.45. The number of ether oxygens (including phenoxy) is 4. The molecule has 1 aromatic carbocycles. The number of amides is 3. The summed E-state index contributed by atoms with van der Waals surface area (Å²) in [5, 5.41) is 1.82. The summed E-state index contributed by atoms with van der Waals surface area (Å²) in [6.07, 6.45) is -1.23. The Morgan fingerprint density at radius 3 is 2.00 bits per heavy atom. The number of imide groups is 1. The lowest BCUT2D eigenvalue weighted by Gasteiger charge is -2.15. The van der Waals surface area contributed by atoms with Gasteiger partial charge in [-0.3, -0.25) is 10.1 Å². The number of methoxy groups -OCH3 is 3. The van der Waals surface area contributed by atoms with E-state index in [1.807, 2.05) is 5.32 Å². The van der Waals surface area contributed by atoms with Gasteiger partial charge in [-0.2, -0.15) is 0 Å². The van der Waals surface area contributed by atoms with Gasteiger partial charge in [0.15, 0.2) is 17.6 Å². The number of hydrogen-bond donors (Lipinski definition) is 2. The molecule has 3 amide bonds. The molecule has 1 rings (SSSR count). The summed E-state index contributed by atoms with van der Waals surface area (Å²) in [5.41, 5.74) is 4.86. The molecule has 0 saturated carbocycles. The van der Waals surface area contributed by atoms with Crippen molar-refractivity contribution >= 4 is 17.9 Å². The summed E-state index contributed by atoms with van der Waals surface area (Å²) in [6, 6.07) is 1.77. The smallest absolute Gasteiger partial charge is 0.342 e. The maximum Gasteiger partial charge on any atom is 0.342 e. The number of benzene rings is 1. The number of rotatable bonds is 6. The van der Waals surface area contributed by atoms with Crippen LogP contribution in [0, 0.1) is 0 Å². The molecule has 0 aliphatic carbocycles. The molecule has 0 radical (unpaired) electrons. The van der Waals surface area contributed by atoms with Crippen LogP contribution in [0.25, 0.3) is 0 Å². The van der Waals surface area contributed by atoms with Crippen molar-refractivity contribution in [2.45, 2.75) is 13.0 Å². The molecule has 126 valence electrons. The van der Waals surface area contributed by atoms with Crippen molar-refractivity contribution in [1.29, 1.82) is 0 Å². The van der Waals surface area contributed by atoms with E-state index in [9.17, 15) is 14.4 Å². The van der Waals surface area contributed by atoms with E-state index in [1.54, 1.807) is 0 Å². The zero-order chi connectivity index (χ0) is 17.6. The highest BCUT2D eigenvalue weighted by atomic mass is 16.6. The average Bonchev–Trinajstić information content (AvgIpc) is 2.52. The fourth-order valence-corrected chi connectivity index (χ4v) is 1.69. The van der Waals surface area contributed by atoms with Crippen LogP contribution < -0.4 is 25.3 Å². The standard InChI is InChI=1S/C14H18N2O7/c1-7(12(17)16-14(15)19)23-13(18)8-5-10(21-3)11(22-4)6-9(8)20-2/h5-7H,1-4H3,(H3,15,16,17,19)/t7-/m0/s1. The van der Waals surface area contributed by atoms with Crippen LogP contribution in [0.4, 0.5) is 4.79 Å². The Hall–Kier alpha value is -2.97. The summed E-state index contributed by atoms with van der Waals surface area (Å²) in [6.45, 7) is 1.30. The van der Waals surface area contributed by atoms with Crippen LogP contribution in [0.3, 0.4) is 0 Å². The Morgan fingerprint density at radius 1 is 1.00 bits per heavy atom. The van der Waals surface area contributed by atoms with E-state index in [1.165, 1.54) is 40.4 Å². The molecule has 0 aliphatic heterocycles. The van der Waals surface area contributed by atoms with Gasteiger partial charge in [0.2, 0.25) is 0 Å². The molecule has 0 spiro atoms. The van der Waals surface area contributed by atoms with Crippen molar-refractivity contribution in [1.82, 2.24) is 5.32 Å². The lowest BCUT2D eigenvalue weighted by atomic mass is 10.1. The Morgan fingerprint density at radius 2 is 1.52 bits per heavy atom. The summed E-state index contributed by atoms with van der Waals surface area (Å²) < 4.78 is 20.3. The minimum absolute atomic E-state index is 0.0314. The summed E-state index contributed by atoms with van der Waals surface area (Å²) in [5.74, 6) is -0.856. The number of carbonyl (C=O) groups excluding carboxylic acids is 3. The van der Waals surface area contributed by atoms with Crippen molar-refractivity contribution in [3.8, 4) is 17.2 Å². The van der Waals surface area contributed by atoms with Gasteiger partial charge in [-0.05, 0) is 6.92 Å². The number of hydrogen-bond acceptors (Lipinski definition) is 7. The molecule has 9 nitrogen and oxygen atoms in total. The van der Waals surface area contributed by atoms with E-state index in [2.05, 4.69) is 0 Å². The van der Waals surface area contributed by atoms with E-state index in [0.29, 0.717) is 5.75 Å². The van der Waals surface area contributed by atoms with Gasteiger partial charge in [-0.25, -0.2) is 9.59 Å². The van der Waals surface area contributed by atoms with E-state index in [0.717, 1.165) is 0 Å². The van der Waals surface area contributed by atoms with Crippen molar-refractivity contribution in [3.63, 3.8) is 0 Å². The first-order valence-corrected chi connectivity index (χ1v) is 6.45. The van der Waals surface area contributed by atoms with Crippen LogP contribution in [-0.4, -0.2) is 45.3 Å². The van der Waals surface area contributed by atoms with Gasteiger partial charge in [0.1, 0.15) is 11.3 Å². The maximum atomic E-state index is 12.2. The normalized spacial score (nSPS) is 11.1. The van der Waals surface area contributed by atoms with Gasteiger partial charge in [-0.1, -0.05) is 0 Å². The molecule has 0 fully saturated rings. The van der Waals surface area contributed by atoms with Gasteiger partial charge in [0.05, 0.1) is 21.3 Å². The van der Waals surface area contributed by atoms with Gasteiger partial charge < -0.3 is 24.7 Å². The number of nitrogens with one attached hydrogen (secondary N) is 1. The summed E-state index contributed by atoms with van der Waals surface area (Å²) >= 11 is 0. The summed E-state index contributed by atoms with van der Waals surface area (Å²) in [4.78, 5) is 34.4. The minimum Gasteiger partial charge on any atom is -0.496 e. The van der Waals surface area contributed by atoms with Crippen molar-refractivity contribution in [3.05, 3.63) is 17.7 Å². The predicted octanol–water partition coefficient (Wildman–Crippen LogP) is 0.453. The van der Waals surface area contributed by atoms with Crippen LogP contribution in [0.1, 0.15) is 17.3 Å². The van der Waals surface area contributed by atoms with Crippen molar-refractivity contribution in [2.24, 2.45) is 5.73 Å². The lowest BCUT2D eigenvalue weighted by Crippen LogP contribution is -2.42. The van der Waals surface area contributed by atoms with Gasteiger partial charge in [0, 0.05) is 12.1 Å². The van der Waals surface area contributed by atoms with Crippen LogP contribution in [0.5, 0.6) is 17.2 Å². The van der Waals surface area contributed by atoms with Crippen LogP contribution in [0.2, 0.25) is 0 Å². The molecule has 0 unspecified atom stereocenters. The van der Waals surface area contributed by atoms with Gasteiger partial charge in [0.25, 0.3) is 5.91 Å². The largest absolute Gasteiger partial charge is 0.496 e. The molecule has 0 heterocycles. The minimum atomic E-state index is -1.23. The zero-order valence-corrected chi connectivity index (χ0v) is 13.2. The van der Waals surface area contributed by atoms with Crippen molar-refractivity contribution in [2.75, 3.05) is 21.3 Å². The molecule has 0 aromatic heterocycles. The molecule has 0 saturated heterocycles. The Labute approximate surface area is 132 Å². The third kappa shape index (κ3) is 4.50. The number of primary amides is 1. The summed E-state index contributed by atoms with van der Waals surface area (Å²) in [7, 11) is 4.20. The van der Waals surface area contributed by atoms with E-state index in [4.69, 9.17) is 24.7 Å². The quantitative estimate of drug-likeness (QED) is 0.727. The van der Waals surface area contributed by atoms with E-state index < -0.39 is 24.0 Å². The first-order chi connectivity index (χ1) is 10.8. The monoisotopic (exact) mass is 326 g/mol. The van der Waals surface area contributed by atoms with E-state index >= 15 is 0 Å².